The zero-order valence-electron chi connectivity index (χ0n) is 15.8. The van der Waals surface area contributed by atoms with Gasteiger partial charge in [0.2, 0.25) is 11.3 Å². The Bertz CT molecular complexity index is 1160. The number of hydrogen-bond acceptors (Lipinski definition) is 5. The number of nitrogens with zero attached hydrogens (tertiary/aromatic N) is 2. The summed E-state index contributed by atoms with van der Waals surface area (Å²) in [6, 6.07) is 7.08. The number of hydrogen-bond donors (Lipinski definition) is 3. The van der Waals surface area contributed by atoms with Crippen molar-refractivity contribution < 1.29 is 19.4 Å². The smallest absolute Gasteiger partial charge is 0.322 e. The molecule has 1 atom stereocenters. The molecule has 9 nitrogen and oxygen atoms in total. The van der Waals surface area contributed by atoms with Gasteiger partial charge in [0.15, 0.2) is 5.65 Å². The van der Waals surface area contributed by atoms with E-state index in [9.17, 15) is 14.4 Å². The molecule has 9 heteroatoms. The van der Waals surface area contributed by atoms with Crippen LogP contribution in [0.2, 0.25) is 0 Å². The third kappa shape index (κ3) is 3.46. The Hall–Kier alpha value is -3.62. The highest BCUT2D eigenvalue weighted by Crippen LogP contribution is 2.37. The first-order chi connectivity index (χ1) is 14.0. The van der Waals surface area contributed by atoms with Crippen LogP contribution in [0, 0.1) is 0 Å². The fraction of sp³-hybridized carbons (Fsp3) is 0.300. The van der Waals surface area contributed by atoms with E-state index in [2.05, 4.69) is 28.4 Å². The molecule has 2 heterocycles. The van der Waals surface area contributed by atoms with Crippen LogP contribution in [-0.2, 0) is 11.2 Å². The highest BCUT2D eigenvalue weighted by Gasteiger charge is 2.23. The number of amides is 1. The van der Waals surface area contributed by atoms with Crippen LogP contribution in [0.1, 0.15) is 47.2 Å². The van der Waals surface area contributed by atoms with E-state index in [1.807, 2.05) is 12.1 Å². The molecule has 1 amide bonds. The molecule has 150 valence electrons. The van der Waals surface area contributed by atoms with Gasteiger partial charge in [-0.3, -0.25) is 19.5 Å². The molecule has 1 aliphatic rings. The summed E-state index contributed by atoms with van der Waals surface area (Å²) in [4.78, 5) is 39.7. The number of fused-ring (bicyclic) bond motifs is 2. The van der Waals surface area contributed by atoms with E-state index in [1.54, 1.807) is 0 Å². The zero-order valence-corrected chi connectivity index (χ0v) is 15.8. The van der Waals surface area contributed by atoms with Crippen LogP contribution in [0.3, 0.4) is 0 Å². The predicted octanol–water partition coefficient (Wildman–Crippen LogP) is 2.07. The number of pyridine rings is 1. The SMILES string of the molecule is CC1CCCc2c(Oc3cc(=O)c(C(=O)NCC(=O)O)c4nc[nH]n34)cccc21. The average molecular weight is 396 g/mol. The van der Waals surface area contributed by atoms with E-state index >= 15 is 0 Å². The Morgan fingerprint density at radius 1 is 1.41 bits per heavy atom. The second-order valence-corrected chi connectivity index (χ2v) is 7.06. The second kappa shape index (κ2) is 7.42. The molecular formula is C20H20N4O5. The number of nitrogens with one attached hydrogen (secondary N) is 2. The molecule has 1 aliphatic carbocycles. The second-order valence-electron chi connectivity index (χ2n) is 7.06. The van der Waals surface area contributed by atoms with Crippen molar-refractivity contribution in [3.8, 4) is 11.6 Å². The maximum Gasteiger partial charge on any atom is 0.322 e. The van der Waals surface area contributed by atoms with Crippen LogP contribution in [0.15, 0.2) is 35.4 Å². The van der Waals surface area contributed by atoms with Crippen molar-refractivity contribution >= 4 is 17.5 Å². The van der Waals surface area contributed by atoms with Gasteiger partial charge in [-0.2, -0.15) is 0 Å². The van der Waals surface area contributed by atoms with Gasteiger partial charge in [0.05, 0.1) is 0 Å². The number of carboxylic acid groups (broad SMARTS) is 1. The molecule has 3 aromatic rings. The average Bonchev–Trinajstić information content (AvgIpc) is 3.17. The van der Waals surface area contributed by atoms with Crippen molar-refractivity contribution in [2.24, 2.45) is 0 Å². The molecule has 0 saturated carbocycles. The molecule has 0 radical (unpaired) electrons. The van der Waals surface area contributed by atoms with E-state index < -0.39 is 23.9 Å². The maximum atomic E-state index is 12.6. The number of carboxylic acids is 1. The van der Waals surface area contributed by atoms with Crippen LogP contribution < -0.4 is 15.5 Å². The lowest BCUT2D eigenvalue weighted by atomic mass is 9.83. The normalized spacial score (nSPS) is 15.7. The summed E-state index contributed by atoms with van der Waals surface area (Å²) in [5.74, 6) is -0.708. The Morgan fingerprint density at radius 2 is 2.24 bits per heavy atom. The van der Waals surface area contributed by atoms with Crippen molar-refractivity contribution in [3.05, 3.63) is 57.5 Å². The molecule has 0 saturated heterocycles. The summed E-state index contributed by atoms with van der Waals surface area (Å²) < 4.78 is 7.47. The van der Waals surface area contributed by atoms with Gasteiger partial charge in [0, 0.05) is 6.07 Å². The fourth-order valence-corrected chi connectivity index (χ4v) is 3.76. The van der Waals surface area contributed by atoms with Gasteiger partial charge < -0.3 is 15.2 Å². The van der Waals surface area contributed by atoms with Gasteiger partial charge >= 0.3 is 5.97 Å². The lowest BCUT2D eigenvalue weighted by molar-refractivity contribution is -0.135. The molecule has 4 rings (SSSR count). The monoisotopic (exact) mass is 396 g/mol. The Labute approximate surface area is 165 Å². The van der Waals surface area contributed by atoms with Crippen molar-refractivity contribution in [1.29, 1.82) is 0 Å². The van der Waals surface area contributed by atoms with Gasteiger partial charge in [-0.25, -0.2) is 9.50 Å². The lowest BCUT2D eigenvalue weighted by Gasteiger charge is -2.24. The van der Waals surface area contributed by atoms with Crippen molar-refractivity contribution in [3.63, 3.8) is 0 Å². The number of carbonyl (C=O) groups is 2. The number of aromatic amines is 1. The van der Waals surface area contributed by atoms with Gasteiger partial charge in [-0.05, 0) is 42.4 Å². The third-order valence-electron chi connectivity index (χ3n) is 5.14. The number of carbonyl (C=O) groups excluding carboxylic acids is 1. The molecule has 3 N–H and O–H groups in total. The zero-order chi connectivity index (χ0) is 20.5. The number of aromatic nitrogens is 3. The first-order valence-electron chi connectivity index (χ1n) is 9.34. The first-order valence-corrected chi connectivity index (χ1v) is 9.34. The van der Waals surface area contributed by atoms with Gasteiger partial charge in [0.1, 0.15) is 24.2 Å². The van der Waals surface area contributed by atoms with Crippen LogP contribution in [0.4, 0.5) is 0 Å². The highest BCUT2D eigenvalue weighted by molar-refractivity contribution is 6.00. The number of H-pyrrole nitrogens is 1. The minimum Gasteiger partial charge on any atom is -0.480 e. The molecule has 0 bridgehead atoms. The molecule has 0 fully saturated rings. The van der Waals surface area contributed by atoms with Crippen LogP contribution in [-0.4, -0.2) is 38.1 Å². The molecule has 2 aromatic heterocycles. The van der Waals surface area contributed by atoms with E-state index in [4.69, 9.17) is 9.84 Å². The maximum absolute atomic E-state index is 12.6. The lowest BCUT2D eigenvalue weighted by Crippen LogP contribution is -2.33. The molecule has 1 aromatic carbocycles. The van der Waals surface area contributed by atoms with Crippen LogP contribution in [0.5, 0.6) is 11.6 Å². The van der Waals surface area contributed by atoms with Crippen molar-refractivity contribution in [1.82, 2.24) is 19.9 Å². The predicted molar refractivity (Wildman–Crippen MR) is 104 cm³/mol. The Balaban J connectivity index is 1.74. The summed E-state index contributed by atoms with van der Waals surface area (Å²) in [5, 5.41) is 13.8. The first kappa shape index (κ1) is 18.7. The molecule has 0 spiro atoms. The molecule has 1 unspecified atom stereocenters. The number of aliphatic carboxylic acids is 1. The standard InChI is InChI=1S/C20H20N4O5/c1-11-4-2-6-13-12(11)5-3-7-15(13)29-16-8-14(25)18(19-22-10-23-24(16)19)20(28)21-9-17(26)27/h3,5,7-8,10-11H,2,4,6,9H2,1H3,(H,21,28)(H,22,23)(H,26,27). The summed E-state index contributed by atoms with van der Waals surface area (Å²) in [5.41, 5.74) is 1.58. The number of benzene rings is 1. The minimum atomic E-state index is -1.21. The van der Waals surface area contributed by atoms with Gasteiger partial charge in [-0.1, -0.05) is 19.1 Å². The van der Waals surface area contributed by atoms with Gasteiger partial charge in [-0.15, -0.1) is 0 Å². The Kier molecular flexibility index (Phi) is 4.79. The summed E-state index contributed by atoms with van der Waals surface area (Å²) in [7, 11) is 0. The topological polar surface area (TPSA) is 126 Å². The van der Waals surface area contributed by atoms with E-state index in [0.717, 1.165) is 24.8 Å². The van der Waals surface area contributed by atoms with Crippen LogP contribution in [0.25, 0.3) is 5.65 Å². The van der Waals surface area contributed by atoms with Crippen molar-refractivity contribution in [2.45, 2.75) is 32.1 Å². The largest absolute Gasteiger partial charge is 0.480 e. The highest BCUT2D eigenvalue weighted by atomic mass is 16.5. The molecular weight excluding hydrogens is 376 g/mol. The fourth-order valence-electron chi connectivity index (χ4n) is 3.76. The third-order valence-corrected chi connectivity index (χ3v) is 5.14. The van der Waals surface area contributed by atoms with Crippen molar-refractivity contribution in [2.75, 3.05) is 6.54 Å². The number of ether oxygens (including phenoxy) is 1. The van der Waals surface area contributed by atoms with Crippen LogP contribution >= 0.6 is 0 Å². The van der Waals surface area contributed by atoms with E-state index in [-0.39, 0.29) is 17.1 Å². The summed E-state index contributed by atoms with van der Waals surface area (Å²) >= 11 is 0. The minimum absolute atomic E-state index is 0.0635. The number of rotatable bonds is 5. The van der Waals surface area contributed by atoms with E-state index in [1.165, 1.54) is 22.5 Å². The Morgan fingerprint density at radius 3 is 3.03 bits per heavy atom. The quantitative estimate of drug-likeness (QED) is 0.606. The van der Waals surface area contributed by atoms with E-state index in [0.29, 0.717) is 11.7 Å². The molecule has 0 aliphatic heterocycles. The molecule has 29 heavy (non-hydrogen) atoms. The summed E-state index contributed by atoms with van der Waals surface area (Å²) in [6.45, 7) is 1.59. The summed E-state index contributed by atoms with van der Waals surface area (Å²) in [6.07, 6.45) is 4.42. The van der Waals surface area contributed by atoms with Gasteiger partial charge in [0.25, 0.3) is 5.91 Å².